The quantitative estimate of drug-likeness (QED) is 0.295. The molecule has 29 heavy (non-hydrogen) atoms. The number of carbonyl (C=O) groups is 1. The van der Waals surface area contributed by atoms with E-state index in [-0.39, 0.29) is 5.78 Å². The average molecular weight is 387 g/mol. The highest BCUT2D eigenvalue weighted by Crippen LogP contribution is 2.27. The van der Waals surface area contributed by atoms with Crippen molar-refractivity contribution in [3.63, 3.8) is 0 Å². The fraction of sp³-hybridized carbons (Fsp3) is 0.0870. The van der Waals surface area contributed by atoms with Gasteiger partial charge in [0.1, 0.15) is 0 Å². The summed E-state index contributed by atoms with van der Waals surface area (Å²) in [5.41, 5.74) is 2.88. The molecule has 0 bridgehead atoms. The second-order valence-electron chi connectivity index (χ2n) is 5.99. The first kappa shape index (κ1) is 19.8. The highest BCUT2D eigenvalue weighted by Gasteiger charge is 2.08. The van der Waals surface area contributed by atoms with E-state index in [9.17, 15) is 4.79 Å². The molecule has 1 N–H and O–H groups in total. The lowest BCUT2D eigenvalue weighted by atomic mass is 10.1. The highest BCUT2D eigenvalue weighted by atomic mass is 16.5. The van der Waals surface area contributed by atoms with Crippen LogP contribution in [0, 0.1) is 0 Å². The molecule has 3 aromatic rings. The number of allylic oxidation sites excluding steroid dienone is 1. The number of rotatable bonds is 8. The van der Waals surface area contributed by atoms with Crippen molar-refractivity contribution in [3.8, 4) is 11.5 Å². The minimum Gasteiger partial charge on any atom is -0.493 e. The van der Waals surface area contributed by atoms with Gasteiger partial charge in [-0.3, -0.25) is 4.79 Å². The van der Waals surface area contributed by atoms with Gasteiger partial charge in [-0.2, -0.15) is 10.2 Å². The molecule has 0 unspecified atom stereocenters. The van der Waals surface area contributed by atoms with E-state index < -0.39 is 0 Å². The molecule has 0 saturated carbocycles. The van der Waals surface area contributed by atoms with Crippen molar-refractivity contribution < 1.29 is 14.3 Å². The third kappa shape index (κ3) is 5.52. The summed E-state index contributed by atoms with van der Waals surface area (Å²) in [6.07, 6.45) is 3.06. The lowest BCUT2D eigenvalue weighted by molar-refractivity contribution is 0.104. The zero-order chi connectivity index (χ0) is 20.5. The van der Waals surface area contributed by atoms with Gasteiger partial charge in [0, 0.05) is 23.5 Å². The van der Waals surface area contributed by atoms with Gasteiger partial charge in [0.15, 0.2) is 17.3 Å². The van der Waals surface area contributed by atoms with Gasteiger partial charge in [-0.15, -0.1) is 0 Å². The number of methoxy groups -OCH3 is 2. The van der Waals surface area contributed by atoms with Crippen LogP contribution in [0.1, 0.15) is 10.4 Å². The number of anilines is 1. The third-order valence-corrected chi connectivity index (χ3v) is 4.06. The van der Waals surface area contributed by atoms with E-state index in [0.717, 1.165) is 17.1 Å². The lowest BCUT2D eigenvalue weighted by Gasteiger charge is -2.08. The Bertz CT molecular complexity index is 1010. The number of hydrogen-bond acceptors (Lipinski definition) is 6. The van der Waals surface area contributed by atoms with Gasteiger partial charge in [-0.1, -0.05) is 18.2 Å². The molecule has 0 aliphatic carbocycles. The molecule has 0 fully saturated rings. The molecule has 0 radical (unpaired) electrons. The molecule has 0 atom stereocenters. The molecule has 6 nitrogen and oxygen atoms in total. The summed E-state index contributed by atoms with van der Waals surface area (Å²) in [7, 11) is 3.09. The van der Waals surface area contributed by atoms with Gasteiger partial charge in [0.25, 0.3) is 0 Å². The lowest BCUT2D eigenvalue weighted by Crippen LogP contribution is -1.98. The van der Waals surface area contributed by atoms with Crippen LogP contribution in [0.25, 0.3) is 0 Å². The predicted molar refractivity (Wildman–Crippen MR) is 114 cm³/mol. The highest BCUT2D eigenvalue weighted by molar-refractivity contribution is 6.05. The van der Waals surface area contributed by atoms with Crippen molar-refractivity contribution in [2.45, 2.75) is 0 Å². The van der Waals surface area contributed by atoms with Crippen LogP contribution in [0.4, 0.5) is 17.1 Å². The minimum absolute atomic E-state index is 0.147. The molecule has 0 saturated heterocycles. The molecule has 146 valence electrons. The second kappa shape index (κ2) is 9.85. The summed E-state index contributed by atoms with van der Waals surface area (Å²) in [6, 6.07) is 22.0. The Morgan fingerprint density at radius 3 is 2.14 bits per heavy atom. The van der Waals surface area contributed by atoms with E-state index in [1.54, 1.807) is 31.5 Å². The van der Waals surface area contributed by atoms with Gasteiger partial charge >= 0.3 is 0 Å². The first-order valence-electron chi connectivity index (χ1n) is 8.96. The van der Waals surface area contributed by atoms with Crippen LogP contribution in [0.2, 0.25) is 0 Å². The maximum absolute atomic E-state index is 12.3. The molecular weight excluding hydrogens is 366 g/mol. The van der Waals surface area contributed by atoms with E-state index in [1.807, 2.05) is 54.6 Å². The maximum atomic E-state index is 12.3. The van der Waals surface area contributed by atoms with E-state index in [1.165, 1.54) is 13.2 Å². The number of carbonyl (C=O) groups excluding carboxylic acids is 1. The Morgan fingerprint density at radius 2 is 1.48 bits per heavy atom. The summed E-state index contributed by atoms with van der Waals surface area (Å²) in [4.78, 5) is 12.3. The fourth-order valence-electron chi connectivity index (χ4n) is 2.53. The van der Waals surface area contributed by atoms with Crippen LogP contribution in [0.15, 0.2) is 95.3 Å². The van der Waals surface area contributed by atoms with Crippen LogP contribution in [0.3, 0.4) is 0 Å². The predicted octanol–water partition coefficient (Wildman–Crippen LogP) is 5.93. The molecule has 0 aromatic heterocycles. The van der Waals surface area contributed by atoms with Crippen LogP contribution in [-0.4, -0.2) is 20.0 Å². The van der Waals surface area contributed by atoms with Crippen molar-refractivity contribution in [1.82, 2.24) is 0 Å². The molecule has 0 aliphatic rings. The van der Waals surface area contributed by atoms with Gasteiger partial charge in [-0.05, 0) is 54.6 Å². The van der Waals surface area contributed by atoms with E-state index in [0.29, 0.717) is 17.1 Å². The molecule has 3 aromatic carbocycles. The molecule has 3 rings (SSSR count). The van der Waals surface area contributed by atoms with E-state index in [4.69, 9.17) is 9.47 Å². The van der Waals surface area contributed by atoms with Crippen molar-refractivity contribution in [2.75, 3.05) is 19.5 Å². The molecule has 0 heterocycles. The average Bonchev–Trinajstić information content (AvgIpc) is 2.78. The zero-order valence-corrected chi connectivity index (χ0v) is 16.2. The minimum atomic E-state index is -0.147. The van der Waals surface area contributed by atoms with Crippen LogP contribution < -0.4 is 14.8 Å². The first-order chi connectivity index (χ1) is 14.2. The molecule has 6 heteroatoms. The zero-order valence-electron chi connectivity index (χ0n) is 16.2. The van der Waals surface area contributed by atoms with Crippen LogP contribution >= 0.6 is 0 Å². The summed E-state index contributed by atoms with van der Waals surface area (Å²) >= 11 is 0. The summed E-state index contributed by atoms with van der Waals surface area (Å²) in [5, 5.41) is 11.4. The third-order valence-electron chi connectivity index (χ3n) is 4.06. The standard InChI is InChI=1S/C23H21N3O3/c1-28-22-13-8-17(16-23(22)29-2)21(27)14-15-24-18-9-11-20(12-10-18)26-25-19-6-4-3-5-7-19/h3-16,24H,1-2H3/b15-14+,26-25?. The molecular formula is C23H21N3O3. The number of azo groups is 1. The van der Waals surface area contributed by atoms with Crippen LogP contribution in [0.5, 0.6) is 11.5 Å². The Labute approximate surface area is 169 Å². The number of nitrogens with one attached hydrogen (secondary N) is 1. The Hall–Kier alpha value is -3.93. The van der Waals surface area contributed by atoms with Gasteiger partial charge in [0.05, 0.1) is 25.6 Å². The summed E-state index contributed by atoms with van der Waals surface area (Å²) < 4.78 is 10.4. The molecule has 0 spiro atoms. The maximum Gasteiger partial charge on any atom is 0.187 e. The van der Waals surface area contributed by atoms with Crippen molar-refractivity contribution in [2.24, 2.45) is 10.2 Å². The number of hydrogen-bond donors (Lipinski definition) is 1. The molecule has 0 amide bonds. The second-order valence-corrected chi connectivity index (χ2v) is 5.99. The number of ether oxygens (including phenoxy) is 2. The van der Waals surface area contributed by atoms with E-state index >= 15 is 0 Å². The van der Waals surface area contributed by atoms with Crippen molar-refractivity contribution >= 4 is 22.8 Å². The van der Waals surface area contributed by atoms with Crippen LogP contribution in [-0.2, 0) is 0 Å². The topological polar surface area (TPSA) is 72.3 Å². The Balaban J connectivity index is 1.59. The summed E-state index contributed by atoms with van der Waals surface area (Å²) in [6.45, 7) is 0. The van der Waals surface area contributed by atoms with Gasteiger partial charge in [0.2, 0.25) is 0 Å². The Kier molecular flexibility index (Phi) is 6.73. The number of benzene rings is 3. The van der Waals surface area contributed by atoms with E-state index in [2.05, 4.69) is 15.5 Å². The monoisotopic (exact) mass is 387 g/mol. The number of nitrogens with zero attached hydrogens (tertiary/aromatic N) is 2. The largest absolute Gasteiger partial charge is 0.493 e. The van der Waals surface area contributed by atoms with Gasteiger partial charge in [-0.25, -0.2) is 0 Å². The fourth-order valence-corrected chi connectivity index (χ4v) is 2.53. The first-order valence-corrected chi connectivity index (χ1v) is 8.96. The molecule has 0 aliphatic heterocycles. The van der Waals surface area contributed by atoms with Gasteiger partial charge < -0.3 is 14.8 Å². The van der Waals surface area contributed by atoms with Crippen molar-refractivity contribution in [3.05, 3.63) is 90.6 Å². The summed E-state index contributed by atoms with van der Waals surface area (Å²) in [5.74, 6) is 0.947. The smallest absolute Gasteiger partial charge is 0.187 e. The van der Waals surface area contributed by atoms with Crippen molar-refractivity contribution in [1.29, 1.82) is 0 Å². The Morgan fingerprint density at radius 1 is 0.828 bits per heavy atom. The number of ketones is 1. The normalized spacial score (nSPS) is 11.0. The SMILES string of the molecule is COc1ccc(C(=O)/C=C/Nc2ccc(N=Nc3ccccc3)cc2)cc1OC.